The van der Waals surface area contributed by atoms with Crippen molar-refractivity contribution in [1.82, 2.24) is 14.7 Å². The van der Waals surface area contributed by atoms with Gasteiger partial charge in [-0.1, -0.05) is 24.6 Å². The summed E-state index contributed by atoms with van der Waals surface area (Å²) in [6.07, 6.45) is 3.63. The van der Waals surface area contributed by atoms with Gasteiger partial charge in [0.05, 0.1) is 29.3 Å². The van der Waals surface area contributed by atoms with Gasteiger partial charge in [0.2, 0.25) is 5.91 Å². The van der Waals surface area contributed by atoms with Crippen molar-refractivity contribution in [2.24, 2.45) is 0 Å². The summed E-state index contributed by atoms with van der Waals surface area (Å²) in [4.78, 5) is 14.8. The summed E-state index contributed by atoms with van der Waals surface area (Å²) in [5.74, 6) is 0.0440. The zero-order chi connectivity index (χ0) is 17.1. The van der Waals surface area contributed by atoms with Gasteiger partial charge in [0.1, 0.15) is 0 Å². The van der Waals surface area contributed by atoms with Gasteiger partial charge in [-0.25, -0.2) is 4.68 Å². The average Bonchev–Trinajstić information content (AvgIpc) is 2.86. The van der Waals surface area contributed by atoms with Crippen molar-refractivity contribution in [2.75, 3.05) is 18.4 Å². The number of aromatic nitrogens is 2. The maximum Gasteiger partial charge on any atom is 0.238 e. The van der Waals surface area contributed by atoms with Crippen LogP contribution >= 0.6 is 0 Å². The third-order valence-corrected chi connectivity index (χ3v) is 4.84. The molecular formula is C19H26N4O. The van der Waals surface area contributed by atoms with E-state index in [4.69, 9.17) is 0 Å². The van der Waals surface area contributed by atoms with Crippen molar-refractivity contribution in [3.8, 4) is 5.69 Å². The molecule has 1 fully saturated rings. The molecule has 1 saturated heterocycles. The highest BCUT2D eigenvalue weighted by Crippen LogP contribution is 2.23. The largest absolute Gasteiger partial charge is 0.322 e. The van der Waals surface area contributed by atoms with E-state index >= 15 is 0 Å². The van der Waals surface area contributed by atoms with Gasteiger partial charge in [-0.2, -0.15) is 5.10 Å². The van der Waals surface area contributed by atoms with Gasteiger partial charge < -0.3 is 5.32 Å². The summed E-state index contributed by atoms with van der Waals surface area (Å²) in [5.41, 5.74) is 3.63. The standard InChI is InChI=1S/C19H26N4O/c1-14-9-7-8-12-22(14)13-18(24)20-19-15(2)21-23(16(19)3)17-10-5-4-6-11-17/h4-6,10-11,14H,7-9,12-13H2,1-3H3,(H,20,24). The van der Waals surface area contributed by atoms with Crippen LogP contribution in [0.3, 0.4) is 0 Å². The molecule has 0 spiro atoms. The second kappa shape index (κ2) is 7.18. The molecule has 0 aliphatic carbocycles. The first kappa shape index (κ1) is 16.7. The van der Waals surface area contributed by atoms with E-state index in [0.717, 1.165) is 29.3 Å². The van der Waals surface area contributed by atoms with E-state index in [9.17, 15) is 4.79 Å². The zero-order valence-electron chi connectivity index (χ0n) is 14.7. The lowest BCUT2D eigenvalue weighted by Gasteiger charge is -2.32. The first-order valence-corrected chi connectivity index (χ1v) is 8.72. The highest BCUT2D eigenvalue weighted by atomic mass is 16.2. The summed E-state index contributed by atoms with van der Waals surface area (Å²) < 4.78 is 1.88. The predicted octanol–water partition coefficient (Wildman–Crippen LogP) is 3.30. The van der Waals surface area contributed by atoms with E-state index in [2.05, 4.69) is 22.2 Å². The Morgan fingerprint density at radius 3 is 2.71 bits per heavy atom. The molecule has 0 radical (unpaired) electrons. The molecule has 128 valence electrons. The lowest BCUT2D eigenvalue weighted by Crippen LogP contribution is -2.42. The molecule has 5 heteroatoms. The van der Waals surface area contributed by atoms with E-state index in [-0.39, 0.29) is 5.91 Å². The summed E-state index contributed by atoms with van der Waals surface area (Å²) in [7, 11) is 0. The van der Waals surface area contributed by atoms with Crippen LogP contribution in [0, 0.1) is 13.8 Å². The van der Waals surface area contributed by atoms with Crippen molar-refractivity contribution >= 4 is 11.6 Å². The SMILES string of the molecule is Cc1nn(-c2ccccc2)c(C)c1NC(=O)CN1CCCCC1C. The Labute approximate surface area is 143 Å². The fourth-order valence-corrected chi connectivity index (χ4v) is 3.40. The molecule has 1 unspecified atom stereocenters. The van der Waals surface area contributed by atoms with Crippen LogP contribution in [0.4, 0.5) is 5.69 Å². The van der Waals surface area contributed by atoms with E-state index in [1.54, 1.807) is 0 Å². The molecule has 1 atom stereocenters. The maximum atomic E-state index is 12.5. The molecule has 2 heterocycles. The van der Waals surface area contributed by atoms with Crippen LogP contribution in [0.1, 0.15) is 37.6 Å². The normalized spacial score (nSPS) is 18.5. The number of para-hydroxylation sites is 1. The monoisotopic (exact) mass is 326 g/mol. The summed E-state index contributed by atoms with van der Waals surface area (Å²) in [6.45, 7) is 7.60. The smallest absolute Gasteiger partial charge is 0.238 e. The van der Waals surface area contributed by atoms with Gasteiger partial charge in [0, 0.05) is 6.04 Å². The number of hydrogen-bond donors (Lipinski definition) is 1. The molecule has 1 amide bonds. The molecule has 24 heavy (non-hydrogen) atoms. The van der Waals surface area contributed by atoms with E-state index in [0.29, 0.717) is 12.6 Å². The molecule has 1 aliphatic heterocycles. The van der Waals surface area contributed by atoms with E-state index in [1.807, 2.05) is 48.9 Å². The molecule has 0 saturated carbocycles. The number of carbonyl (C=O) groups is 1. The van der Waals surface area contributed by atoms with Crippen LogP contribution in [0.5, 0.6) is 0 Å². The molecule has 3 rings (SSSR count). The summed E-state index contributed by atoms with van der Waals surface area (Å²) in [6, 6.07) is 10.5. The van der Waals surface area contributed by atoms with Crippen molar-refractivity contribution in [1.29, 1.82) is 0 Å². The molecular weight excluding hydrogens is 300 g/mol. The van der Waals surface area contributed by atoms with Crippen LogP contribution in [0.15, 0.2) is 30.3 Å². The Morgan fingerprint density at radius 2 is 2.00 bits per heavy atom. The maximum absolute atomic E-state index is 12.5. The zero-order valence-corrected chi connectivity index (χ0v) is 14.7. The summed E-state index contributed by atoms with van der Waals surface area (Å²) >= 11 is 0. The number of hydrogen-bond acceptors (Lipinski definition) is 3. The minimum atomic E-state index is 0.0440. The van der Waals surface area contributed by atoms with Crippen LogP contribution in [0.2, 0.25) is 0 Å². The first-order chi connectivity index (χ1) is 11.6. The lowest BCUT2D eigenvalue weighted by molar-refractivity contribution is -0.118. The highest BCUT2D eigenvalue weighted by molar-refractivity contribution is 5.93. The van der Waals surface area contributed by atoms with Crippen molar-refractivity contribution in [3.05, 3.63) is 41.7 Å². The van der Waals surface area contributed by atoms with Crippen molar-refractivity contribution in [3.63, 3.8) is 0 Å². The van der Waals surface area contributed by atoms with Gasteiger partial charge in [0.15, 0.2) is 0 Å². The number of nitrogens with one attached hydrogen (secondary N) is 1. The number of piperidine rings is 1. The number of rotatable bonds is 4. The Morgan fingerprint density at radius 1 is 1.25 bits per heavy atom. The number of benzene rings is 1. The molecule has 2 aromatic rings. The number of nitrogens with zero attached hydrogens (tertiary/aromatic N) is 3. The third-order valence-electron chi connectivity index (χ3n) is 4.84. The van der Waals surface area contributed by atoms with E-state index in [1.165, 1.54) is 19.3 Å². The Kier molecular flexibility index (Phi) is 5.00. The van der Waals surface area contributed by atoms with Gasteiger partial charge in [-0.15, -0.1) is 0 Å². The van der Waals surface area contributed by atoms with Crippen molar-refractivity contribution in [2.45, 2.75) is 46.1 Å². The van der Waals surface area contributed by atoms with Gasteiger partial charge >= 0.3 is 0 Å². The quantitative estimate of drug-likeness (QED) is 0.938. The van der Waals surface area contributed by atoms with Gasteiger partial charge in [-0.05, 0) is 52.3 Å². The molecule has 5 nitrogen and oxygen atoms in total. The molecule has 0 bridgehead atoms. The fraction of sp³-hybridized carbons (Fsp3) is 0.474. The fourth-order valence-electron chi connectivity index (χ4n) is 3.40. The van der Waals surface area contributed by atoms with Crippen LogP contribution in [-0.2, 0) is 4.79 Å². The Balaban J connectivity index is 1.73. The van der Waals surface area contributed by atoms with Gasteiger partial charge in [0.25, 0.3) is 0 Å². The number of carbonyl (C=O) groups excluding carboxylic acids is 1. The molecule has 1 N–H and O–H groups in total. The second-order valence-electron chi connectivity index (χ2n) is 6.66. The van der Waals surface area contributed by atoms with Crippen LogP contribution < -0.4 is 5.32 Å². The molecule has 1 aliphatic rings. The highest BCUT2D eigenvalue weighted by Gasteiger charge is 2.22. The minimum Gasteiger partial charge on any atom is -0.322 e. The van der Waals surface area contributed by atoms with Crippen molar-refractivity contribution < 1.29 is 4.79 Å². The molecule has 1 aromatic heterocycles. The topological polar surface area (TPSA) is 50.2 Å². The average molecular weight is 326 g/mol. The summed E-state index contributed by atoms with van der Waals surface area (Å²) in [5, 5.41) is 7.66. The lowest BCUT2D eigenvalue weighted by atomic mass is 10.0. The number of aryl methyl sites for hydroxylation is 1. The number of likely N-dealkylation sites (tertiary alicyclic amines) is 1. The Bertz CT molecular complexity index is 708. The second-order valence-corrected chi connectivity index (χ2v) is 6.66. The van der Waals surface area contributed by atoms with E-state index < -0.39 is 0 Å². The van der Waals surface area contributed by atoms with Gasteiger partial charge in [-0.3, -0.25) is 9.69 Å². The number of amides is 1. The Hall–Kier alpha value is -2.14. The predicted molar refractivity (Wildman–Crippen MR) is 96.6 cm³/mol. The third kappa shape index (κ3) is 3.51. The van der Waals surface area contributed by atoms with Crippen LogP contribution in [-0.4, -0.2) is 39.7 Å². The molecule has 1 aromatic carbocycles. The van der Waals surface area contributed by atoms with Crippen LogP contribution in [0.25, 0.3) is 5.69 Å². The minimum absolute atomic E-state index is 0.0440. The number of anilines is 1. The first-order valence-electron chi connectivity index (χ1n) is 8.72.